The second kappa shape index (κ2) is 7.70. The standard InChI is InChI=1S/C14H28N2O/c1-4-10-15-12-6-8-13(9-7-12)16-14(17)11(3)5-2/h11-13,15H,4-10H2,1-3H3,(H,16,17). The number of rotatable bonds is 6. The first-order valence-electron chi connectivity index (χ1n) is 7.21. The van der Waals surface area contributed by atoms with Crippen LogP contribution in [0.4, 0.5) is 0 Å². The van der Waals surface area contributed by atoms with Gasteiger partial charge < -0.3 is 10.6 Å². The van der Waals surface area contributed by atoms with E-state index in [1.54, 1.807) is 0 Å². The fraction of sp³-hybridized carbons (Fsp3) is 0.929. The molecule has 1 saturated carbocycles. The largest absolute Gasteiger partial charge is 0.353 e. The summed E-state index contributed by atoms with van der Waals surface area (Å²) < 4.78 is 0. The van der Waals surface area contributed by atoms with Gasteiger partial charge in [0.2, 0.25) is 5.91 Å². The predicted molar refractivity (Wildman–Crippen MR) is 71.9 cm³/mol. The van der Waals surface area contributed by atoms with E-state index in [0.29, 0.717) is 12.1 Å². The number of hydrogen-bond donors (Lipinski definition) is 2. The average molecular weight is 240 g/mol. The Kier molecular flexibility index (Phi) is 6.56. The smallest absolute Gasteiger partial charge is 0.223 e. The monoisotopic (exact) mass is 240 g/mol. The molecule has 1 fully saturated rings. The molecule has 1 unspecified atom stereocenters. The summed E-state index contributed by atoms with van der Waals surface area (Å²) in [6.07, 6.45) is 6.79. The molecular weight excluding hydrogens is 212 g/mol. The molecule has 0 aromatic rings. The Morgan fingerprint density at radius 1 is 1.18 bits per heavy atom. The highest BCUT2D eigenvalue weighted by Gasteiger charge is 2.22. The lowest BCUT2D eigenvalue weighted by atomic mass is 9.90. The van der Waals surface area contributed by atoms with Gasteiger partial charge in [0.05, 0.1) is 0 Å². The molecular formula is C14H28N2O. The first-order valence-corrected chi connectivity index (χ1v) is 7.21. The lowest BCUT2D eigenvalue weighted by molar-refractivity contribution is -0.125. The molecule has 3 nitrogen and oxygen atoms in total. The molecule has 1 aliphatic rings. The lowest BCUT2D eigenvalue weighted by Crippen LogP contribution is -2.43. The van der Waals surface area contributed by atoms with E-state index in [2.05, 4.69) is 24.5 Å². The Labute approximate surface area is 106 Å². The van der Waals surface area contributed by atoms with Gasteiger partial charge in [0.25, 0.3) is 0 Å². The number of carbonyl (C=O) groups excluding carboxylic acids is 1. The first-order chi connectivity index (χ1) is 8.17. The summed E-state index contributed by atoms with van der Waals surface area (Å²) in [5, 5.41) is 6.75. The van der Waals surface area contributed by atoms with Gasteiger partial charge in [-0.1, -0.05) is 20.8 Å². The van der Waals surface area contributed by atoms with Crippen molar-refractivity contribution in [3.8, 4) is 0 Å². The molecule has 0 aromatic heterocycles. The summed E-state index contributed by atoms with van der Waals surface area (Å²) in [6, 6.07) is 1.09. The van der Waals surface area contributed by atoms with Gasteiger partial charge in [0.15, 0.2) is 0 Å². The zero-order valence-electron chi connectivity index (χ0n) is 11.6. The van der Waals surface area contributed by atoms with Gasteiger partial charge in [-0.15, -0.1) is 0 Å². The molecule has 1 aliphatic carbocycles. The van der Waals surface area contributed by atoms with Crippen LogP contribution in [0.2, 0.25) is 0 Å². The second-order valence-corrected chi connectivity index (χ2v) is 5.32. The van der Waals surface area contributed by atoms with E-state index < -0.39 is 0 Å². The van der Waals surface area contributed by atoms with Crippen LogP contribution in [0.1, 0.15) is 59.3 Å². The molecule has 2 N–H and O–H groups in total. The van der Waals surface area contributed by atoms with Gasteiger partial charge in [-0.3, -0.25) is 4.79 Å². The van der Waals surface area contributed by atoms with Gasteiger partial charge in [-0.25, -0.2) is 0 Å². The minimum absolute atomic E-state index is 0.158. The summed E-state index contributed by atoms with van der Waals surface area (Å²) in [6.45, 7) is 7.39. The summed E-state index contributed by atoms with van der Waals surface area (Å²) in [5.41, 5.74) is 0. The molecule has 0 aliphatic heterocycles. The van der Waals surface area contributed by atoms with Crippen molar-refractivity contribution in [2.24, 2.45) is 5.92 Å². The number of nitrogens with one attached hydrogen (secondary N) is 2. The van der Waals surface area contributed by atoms with Gasteiger partial charge >= 0.3 is 0 Å². The minimum Gasteiger partial charge on any atom is -0.353 e. The third kappa shape index (κ3) is 5.07. The molecule has 3 heteroatoms. The molecule has 0 heterocycles. The molecule has 0 aromatic carbocycles. The van der Waals surface area contributed by atoms with Crippen LogP contribution < -0.4 is 10.6 Å². The number of hydrogen-bond acceptors (Lipinski definition) is 2. The highest BCUT2D eigenvalue weighted by atomic mass is 16.1. The van der Waals surface area contributed by atoms with E-state index in [9.17, 15) is 4.79 Å². The van der Waals surface area contributed by atoms with Crippen LogP contribution in [-0.4, -0.2) is 24.5 Å². The Balaban J connectivity index is 2.20. The van der Waals surface area contributed by atoms with E-state index in [-0.39, 0.29) is 11.8 Å². The molecule has 17 heavy (non-hydrogen) atoms. The molecule has 0 bridgehead atoms. The van der Waals surface area contributed by atoms with Gasteiger partial charge in [-0.05, 0) is 45.1 Å². The highest BCUT2D eigenvalue weighted by molar-refractivity contribution is 5.78. The molecule has 0 radical (unpaired) electrons. The van der Waals surface area contributed by atoms with Crippen molar-refractivity contribution >= 4 is 5.91 Å². The molecule has 1 atom stereocenters. The third-order valence-electron chi connectivity index (χ3n) is 3.82. The predicted octanol–water partition coefficient (Wildman–Crippen LogP) is 2.46. The van der Waals surface area contributed by atoms with Crippen LogP contribution in [0, 0.1) is 5.92 Å². The fourth-order valence-electron chi connectivity index (χ4n) is 2.32. The molecule has 1 rings (SSSR count). The van der Waals surface area contributed by atoms with Crippen LogP contribution in [0.5, 0.6) is 0 Å². The summed E-state index contributed by atoms with van der Waals surface area (Å²) in [5.74, 6) is 0.392. The van der Waals surface area contributed by atoms with Gasteiger partial charge in [0, 0.05) is 18.0 Å². The van der Waals surface area contributed by atoms with Crippen molar-refractivity contribution in [1.29, 1.82) is 0 Å². The summed E-state index contributed by atoms with van der Waals surface area (Å²) in [4.78, 5) is 11.8. The van der Waals surface area contributed by atoms with Crippen molar-refractivity contribution in [3.05, 3.63) is 0 Å². The average Bonchev–Trinajstić information content (AvgIpc) is 2.37. The van der Waals surface area contributed by atoms with Crippen LogP contribution >= 0.6 is 0 Å². The maximum absolute atomic E-state index is 11.8. The molecule has 0 saturated heterocycles. The van der Waals surface area contributed by atoms with Crippen molar-refractivity contribution in [2.75, 3.05) is 6.54 Å². The fourth-order valence-corrected chi connectivity index (χ4v) is 2.32. The van der Waals surface area contributed by atoms with Crippen LogP contribution in [0.3, 0.4) is 0 Å². The Morgan fingerprint density at radius 3 is 2.29 bits per heavy atom. The Bertz CT molecular complexity index is 222. The van der Waals surface area contributed by atoms with E-state index in [1.165, 1.54) is 19.3 Å². The Morgan fingerprint density at radius 2 is 1.76 bits per heavy atom. The SMILES string of the molecule is CCCNC1CCC(NC(=O)C(C)CC)CC1. The molecule has 100 valence electrons. The summed E-state index contributed by atoms with van der Waals surface area (Å²) in [7, 11) is 0. The lowest BCUT2D eigenvalue weighted by Gasteiger charge is -2.30. The highest BCUT2D eigenvalue weighted by Crippen LogP contribution is 2.19. The zero-order valence-corrected chi connectivity index (χ0v) is 11.6. The van der Waals surface area contributed by atoms with Crippen molar-refractivity contribution in [1.82, 2.24) is 10.6 Å². The maximum Gasteiger partial charge on any atom is 0.223 e. The normalized spacial score (nSPS) is 26.5. The van der Waals surface area contributed by atoms with Gasteiger partial charge in [-0.2, -0.15) is 0 Å². The number of amides is 1. The minimum atomic E-state index is 0.158. The van der Waals surface area contributed by atoms with E-state index in [1.807, 2.05) is 6.92 Å². The quantitative estimate of drug-likeness (QED) is 0.749. The van der Waals surface area contributed by atoms with Crippen molar-refractivity contribution in [3.63, 3.8) is 0 Å². The topological polar surface area (TPSA) is 41.1 Å². The van der Waals surface area contributed by atoms with E-state index in [4.69, 9.17) is 0 Å². The summed E-state index contributed by atoms with van der Waals surface area (Å²) >= 11 is 0. The number of carbonyl (C=O) groups is 1. The van der Waals surface area contributed by atoms with E-state index >= 15 is 0 Å². The maximum atomic E-state index is 11.8. The van der Waals surface area contributed by atoms with Gasteiger partial charge in [0.1, 0.15) is 0 Å². The Hall–Kier alpha value is -0.570. The second-order valence-electron chi connectivity index (χ2n) is 5.32. The van der Waals surface area contributed by atoms with Crippen LogP contribution in [0.15, 0.2) is 0 Å². The first kappa shape index (κ1) is 14.5. The van der Waals surface area contributed by atoms with Crippen LogP contribution in [-0.2, 0) is 4.79 Å². The van der Waals surface area contributed by atoms with Crippen molar-refractivity contribution < 1.29 is 4.79 Å². The molecule has 1 amide bonds. The van der Waals surface area contributed by atoms with Crippen LogP contribution in [0.25, 0.3) is 0 Å². The zero-order chi connectivity index (χ0) is 12.7. The van der Waals surface area contributed by atoms with Crippen molar-refractivity contribution in [2.45, 2.75) is 71.4 Å². The van der Waals surface area contributed by atoms with E-state index in [0.717, 1.165) is 25.8 Å². The third-order valence-corrected chi connectivity index (χ3v) is 3.82. The molecule has 0 spiro atoms.